The first-order valence-corrected chi connectivity index (χ1v) is 1.85. The number of carbonyl (C=O) groups is 1. The lowest BCUT2D eigenvalue weighted by atomic mass is 10.2. The van der Waals surface area contributed by atoms with Gasteiger partial charge in [-0.1, -0.05) is 5.92 Å². The van der Waals surface area contributed by atoms with Crippen LogP contribution in [0.5, 0.6) is 0 Å². The van der Waals surface area contributed by atoms with Gasteiger partial charge in [-0.2, -0.15) is 0 Å². The second-order valence-electron chi connectivity index (χ2n) is 1.21. The fourth-order valence-electron chi connectivity index (χ4n) is 0.0680. The fraction of sp³-hybridized carbons (Fsp3) is 0.400. The quantitative estimate of drug-likeness (QED) is 0.431. The van der Waals surface area contributed by atoms with E-state index >= 15 is 0 Å². The van der Waals surface area contributed by atoms with Crippen LogP contribution in [0.2, 0.25) is 0 Å². The molecule has 2 nitrogen and oxygen atoms in total. The lowest BCUT2D eigenvalue weighted by Gasteiger charge is -1.85. The SMILES string of the molecule is C#CC(C)C([O])=O. The zero-order valence-electron chi connectivity index (χ0n) is 3.97. The Morgan fingerprint density at radius 2 is 2.29 bits per heavy atom. The number of hydrogen-bond acceptors (Lipinski definition) is 1. The molecule has 0 saturated carbocycles. The smallest absolute Gasteiger partial charge is 0.246 e. The average Bonchev–Trinajstić information content (AvgIpc) is 1.65. The molecule has 1 radical (unpaired) electrons. The summed E-state index contributed by atoms with van der Waals surface area (Å²) in [5.41, 5.74) is 0. The van der Waals surface area contributed by atoms with Gasteiger partial charge in [-0.05, 0) is 6.92 Å². The molecule has 0 spiro atoms. The summed E-state index contributed by atoms with van der Waals surface area (Å²) in [7, 11) is 0. The van der Waals surface area contributed by atoms with E-state index in [1.165, 1.54) is 6.92 Å². The highest BCUT2D eigenvalue weighted by Gasteiger charge is 2.06. The average molecular weight is 97.1 g/mol. The first kappa shape index (κ1) is 6.03. The predicted octanol–water partition coefficient (Wildman–Crippen LogP) is 0.213. The largest absolute Gasteiger partial charge is 0.370 e. The molecule has 0 fully saturated rings. The maximum absolute atomic E-state index is 9.68. The van der Waals surface area contributed by atoms with Crippen molar-refractivity contribution in [3.63, 3.8) is 0 Å². The first-order chi connectivity index (χ1) is 3.18. The van der Waals surface area contributed by atoms with Crippen LogP contribution in [0.4, 0.5) is 0 Å². The first-order valence-electron chi connectivity index (χ1n) is 1.85. The Kier molecular flexibility index (Phi) is 1.94. The van der Waals surface area contributed by atoms with Gasteiger partial charge in [0.05, 0.1) is 0 Å². The molecule has 37 valence electrons. The lowest BCUT2D eigenvalue weighted by molar-refractivity contribution is -0.145. The Bertz CT molecular complexity index is 110. The Balaban J connectivity index is 3.63. The number of terminal acetylenes is 1. The minimum atomic E-state index is -1.19. The Labute approximate surface area is 42.2 Å². The summed E-state index contributed by atoms with van der Waals surface area (Å²) in [6.07, 6.45) is 4.70. The Morgan fingerprint density at radius 1 is 1.86 bits per heavy atom. The van der Waals surface area contributed by atoms with E-state index < -0.39 is 11.9 Å². The van der Waals surface area contributed by atoms with Crippen molar-refractivity contribution < 1.29 is 9.90 Å². The predicted molar refractivity (Wildman–Crippen MR) is 23.7 cm³/mol. The van der Waals surface area contributed by atoms with Gasteiger partial charge in [-0.3, -0.25) is 0 Å². The molecule has 0 bridgehead atoms. The molecule has 0 aliphatic heterocycles. The van der Waals surface area contributed by atoms with Crippen molar-refractivity contribution in [3.05, 3.63) is 0 Å². The summed E-state index contributed by atoms with van der Waals surface area (Å²) < 4.78 is 0. The van der Waals surface area contributed by atoms with Crippen LogP contribution >= 0.6 is 0 Å². The van der Waals surface area contributed by atoms with Gasteiger partial charge in [0.25, 0.3) is 0 Å². The number of rotatable bonds is 1. The maximum atomic E-state index is 9.68. The van der Waals surface area contributed by atoms with Crippen molar-refractivity contribution in [2.24, 2.45) is 5.92 Å². The fourth-order valence-corrected chi connectivity index (χ4v) is 0.0680. The van der Waals surface area contributed by atoms with Gasteiger partial charge in [0, 0.05) is 0 Å². The molecule has 0 aliphatic carbocycles. The molecule has 1 atom stereocenters. The van der Waals surface area contributed by atoms with Gasteiger partial charge < -0.3 is 0 Å². The maximum Gasteiger partial charge on any atom is 0.370 e. The van der Waals surface area contributed by atoms with E-state index in [0.29, 0.717) is 0 Å². The molecular formula is C5H5O2. The van der Waals surface area contributed by atoms with Crippen LogP contribution in [-0.4, -0.2) is 5.97 Å². The zero-order chi connectivity index (χ0) is 5.86. The zero-order valence-corrected chi connectivity index (χ0v) is 3.97. The monoisotopic (exact) mass is 97.0 g/mol. The third kappa shape index (κ3) is 1.83. The third-order valence-corrected chi connectivity index (χ3v) is 0.604. The van der Waals surface area contributed by atoms with Crippen molar-refractivity contribution >= 4 is 5.97 Å². The summed E-state index contributed by atoms with van der Waals surface area (Å²) >= 11 is 0. The van der Waals surface area contributed by atoms with Crippen molar-refractivity contribution in [3.8, 4) is 12.3 Å². The van der Waals surface area contributed by atoms with Crippen LogP contribution in [0.1, 0.15) is 6.92 Å². The molecule has 0 aromatic heterocycles. The Morgan fingerprint density at radius 3 is 2.29 bits per heavy atom. The molecule has 0 aromatic carbocycles. The number of carbonyl (C=O) groups excluding carboxylic acids is 1. The molecule has 0 heterocycles. The van der Waals surface area contributed by atoms with E-state index in [9.17, 15) is 9.90 Å². The summed E-state index contributed by atoms with van der Waals surface area (Å²) in [6.45, 7) is 1.40. The van der Waals surface area contributed by atoms with E-state index in [4.69, 9.17) is 6.42 Å². The van der Waals surface area contributed by atoms with Gasteiger partial charge >= 0.3 is 5.97 Å². The molecule has 0 rings (SSSR count). The van der Waals surface area contributed by atoms with Crippen LogP contribution in [-0.2, 0) is 9.90 Å². The van der Waals surface area contributed by atoms with Gasteiger partial charge in [0.1, 0.15) is 5.92 Å². The van der Waals surface area contributed by atoms with E-state index in [2.05, 4.69) is 0 Å². The van der Waals surface area contributed by atoms with E-state index in [0.717, 1.165) is 0 Å². The van der Waals surface area contributed by atoms with Crippen molar-refractivity contribution in [1.29, 1.82) is 0 Å². The highest BCUT2D eigenvalue weighted by atomic mass is 16.4. The van der Waals surface area contributed by atoms with Gasteiger partial charge in [0.2, 0.25) is 0 Å². The van der Waals surface area contributed by atoms with Crippen molar-refractivity contribution in [2.45, 2.75) is 6.92 Å². The second-order valence-corrected chi connectivity index (χ2v) is 1.21. The van der Waals surface area contributed by atoms with Gasteiger partial charge in [-0.25, -0.2) is 9.90 Å². The normalized spacial score (nSPS) is 12.0. The minimum Gasteiger partial charge on any atom is -0.246 e. The molecular weight excluding hydrogens is 92.1 g/mol. The second kappa shape index (κ2) is 2.25. The van der Waals surface area contributed by atoms with Crippen molar-refractivity contribution in [1.82, 2.24) is 0 Å². The third-order valence-electron chi connectivity index (χ3n) is 0.604. The van der Waals surface area contributed by atoms with Crippen LogP contribution in [0.25, 0.3) is 0 Å². The standard InChI is InChI=1S/C5H5O2/c1-3-4(2)5(6)7/h1,4H,2H3. The summed E-state index contributed by atoms with van der Waals surface area (Å²) in [6, 6.07) is 0. The van der Waals surface area contributed by atoms with E-state index in [-0.39, 0.29) is 0 Å². The van der Waals surface area contributed by atoms with Gasteiger partial charge in [0.15, 0.2) is 0 Å². The Hall–Kier alpha value is -0.970. The highest BCUT2D eigenvalue weighted by molar-refractivity contribution is 5.72. The molecule has 0 saturated heterocycles. The molecule has 0 amide bonds. The topological polar surface area (TPSA) is 37.0 Å². The molecule has 0 aliphatic rings. The van der Waals surface area contributed by atoms with Crippen LogP contribution in [0, 0.1) is 18.3 Å². The molecule has 7 heavy (non-hydrogen) atoms. The minimum absolute atomic E-state index is 0.764. The molecule has 0 N–H and O–H groups in total. The van der Waals surface area contributed by atoms with E-state index in [1.54, 1.807) is 0 Å². The highest BCUT2D eigenvalue weighted by Crippen LogP contribution is 1.88. The lowest BCUT2D eigenvalue weighted by Crippen LogP contribution is -2.03. The summed E-state index contributed by atoms with van der Waals surface area (Å²) in [5.74, 6) is 0.0463. The van der Waals surface area contributed by atoms with Gasteiger partial charge in [-0.15, -0.1) is 6.42 Å². The van der Waals surface area contributed by atoms with Crippen LogP contribution in [0.15, 0.2) is 0 Å². The number of hydrogen-bond donors (Lipinski definition) is 0. The van der Waals surface area contributed by atoms with Crippen LogP contribution in [0.3, 0.4) is 0 Å². The van der Waals surface area contributed by atoms with Crippen LogP contribution < -0.4 is 0 Å². The summed E-state index contributed by atoms with van der Waals surface area (Å²) in [4.78, 5) is 9.68. The molecule has 1 unspecified atom stereocenters. The molecule has 2 heteroatoms. The van der Waals surface area contributed by atoms with E-state index in [1.807, 2.05) is 5.92 Å². The summed E-state index contributed by atoms with van der Waals surface area (Å²) in [5, 5.41) is 9.68. The van der Waals surface area contributed by atoms with Crippen molar-refractivity contribution in [2.75, 3.05) is 0 Å². The molecule has 0 aromatic rings.